The Morgan fingerprint density at radius 3 is 2.40 bits per heavy atom. The number of nitrogens with zero attached hydrogens (tertiary/aromatic N) is 1. The summed E-state index contributed by atoms with van der Waals surface area (Å²) in [5.41, 5.74) is 3.84. The lowest BCUT2D eigenvalue weighted by Gasteiger charge is -2.09. The molecule has 0 fully saturated rings. The molecule has 0 unspecified atom stereocenters. The van der Waals surface area contributed by atoms with Gasteiger partial charge in [0.15, 0.2) is 0 Å². The van der Waals surface area contributed by atoms with Crippen LogP contribution in [0.15, 0.2) is 65.9 Å². The zero-order valence-corrected chi connectivity index (χ0v) is 13.2. The molecule has 0 aromatic carbocycles. The van der Waals surface area contributed by atoms with E-state index in [9.17, 15) is 0 Å². The van der Waals surface area contributed by atoms with Crippen LogP contribution >= 0.6 is 0 Å². The molecule has 0 saturated carbocycles. The van der Waals surface area contributed by atoms with Gasteiger partial charge in [-0.2, -0.15) is 0 Å². The molecular formula is C19H29N. The van der Waals surface area contributed by atoms with Crippen LogP contribution in [0, 0.1) is 0 Å². The fourth-order valence-corrected chi connectivity index (χ4v) is 1.93. The predicted octanol–water partition coefficient (Wildman–Crippen LogP) is 6.18. The standard InChI is InChI=1S/C19H29N/c1-6-9-10-12-18(11-7-2)13-14-19(17(4)5)16-20-15-8-3/h6,8,12,15-16H,1,3-4,7,9-11,13-14H2,2,5H3/b18-12+,19-16-,20-15-. The zero-order chi connectivity index (χ0) is 15.2. The molecule has 0 saturated heterocycles. The topological polar surface area (TPSA) is 12.4 Å². The number of allylic oxidation sites excluding steroid dienone is 6. The molecule has 0 aliphatic carbocycles. The van der Waals surface area contributed by atoms with Crippen LogP contribution < -0.4 is 0 Å². The highest BCUT2D eigenvalue weighted by molar-refractivity contribution is 5.70. The van der Waals surface area contributed by atoms with Crippen LogP contribution in [-0.2, 0) is 0 Å². The molecule has 0 heterocycles. The average Bonchev–Trinajstić information content (AvgIpc) is 2.42. The molecule has 0 radical (unpaired) electrons. The van der Waals surface area contributed by atoms with Crippen molar-refractivity contribution in [2.75, 3.05) is 0 Å². The minimum atomic E-state index is 1.00. The molecule has 0 atom stereocenters. The molecule has 0 N–H and O–H groups in total. The van der Waals surface area contributed by atoms with E-state index in [0.29, 0.717) is 0 Å². The Labute approximate surface area is 125 Å². The Bertz CT molecular complexity index is 394. The van der Waals surface area contributed by atoms with Crippen LogP contribution in [0.2, 0.25) is 0 Å². The Morgan fingerprint density at radius 1 is 1.10 bits per heavy atom. The highest BCUT2D eigenvalue weighted by Gasteiger charge is 2.02. The quantitative estimate of drug-likeness (QED) is 0.184. The van der Waals surface area contributed by atoms with Crippen molar-refractivity contribution in [1.29, 1.82) is 0 Å². The lowest BCUT2D eigenvalue weighted by atomic mass is 9.97. The summed E-state index contributed by atoms with van der Waals surface area (Å²) in [4.78, 5) is 4.21. The fraction of sp³-hybridized carbons (Fsp3) is 0.421. The maximum absolute atomic E-state index is 4.21. The molecule has 0 aliphatic heterocycles. The van der Waals surface area contributed by atoms with Crippen molar-refractivity contribution in [2.45, 2.75) is 52.4 Å². The summed E-state index contributed by atoms with van der Waals surface area (Å²) in [6.45, 7) is 15.7. The first-order valence-electron chi connectivity index (χ1n) is 7.43. The second-order valence-electron chi connectivity index (χ2n) is 4.95. The number of aliphatic imine (C=N–C) groups is 1. The summed E-state index contributed by atoms with van der Waals surface area (Å²) in [5, 5.41) is 0. The SMILES string of the molecule is C=C/C=N\C=C(\CC/C(=C/CCC=C)CCC)C(=C)C. The fourth-order valence-electron chi connectivity index (χ4n) is 1.93. The van der Waals surface area contributed by atoms with Gasteiger partial charge in [0, 0.05) is 12.4 Å². The highest BCUT2D eigenvalue weighted by atomic mass is 14.7. The Kier molecular flexibility index (Phi) is 11.4. The van der Waals surface area contributed by atoms with E-state index in [2.05, 4.69) is 37.7 Å². The van der Waals surface area contributed by atoms with Crippen molar-refractivity contribution in [1.82, 2.24) is 0 Å². The van der Waals surface area contributed by atoms with Crippen molar-refractivity contribution < 1.29 is 0 Å². The predicted molar refractivity (Wildman–Crippen MR) is 93.2 cm³/mol. The van der Waals surface area contributed by atoms with Gasteiger partial charge in [-0.1, -0.05) is 55.9 Å². The maximum Gasteiger partial charge on any atom is 0.0302 e. The lowest BCUT2D eigenvalue weighted by Crippen LogP contribution is -1.90. The second kappa shape index (κ2) is 12.4. The monoisotopic (exact) mass is 271 g/mol. The molecule has 0 aliphatic rings. The van der Waals surface area contributed by atoms with Crippen molar-refractivity contribution >= 4 is 6.21 Å². The van der Waals surface area contributed by atoms with Crippen molar-refractivity contribution in [3.05, 3.63) is 60.9 Å². The van der Waals surface area contributed by atoms with Crippen LogP contribution in [-0.4, -0.2) is 6.21 Å². The molecule has 110 valence electrons. The van der Waals surface area contributed by atoms with Crippen LogP contribution in [0.3, 0.4) is 0 Å². The van der Waals surface area contributed by atoms with Crippen LogP contribution in [0.25, 0.3) is 0 Å². The van der Waals surface area contributed by atoms with E-state index in [1.807, 2.05) is 19.2 Å². The Hall–Kier alpha value is -1.63. The number of hydrogen-bond donors (Lipinski definition) is 0. The summed E-state index contributed by atoms with van der Waals surface area (Å²) in [6, 6.07) is 0. The number of hydrogen-bond acceptors (Lipinski definition) is 1. The lowest BCUT2D eigenvalue weighted by molar-refractivity contribution is 0.803. The first kappa shape index (κ1) is 18.4. The first-order valence-corrected chi connectivity index (χ1v) is 7.43. The van der Waals surface area contributed by atoms with Crippen molar-refractivity contribution in [3.63, 3.8) is 0 Å². The molecule has 0 spiro atoms. The highest BCUT2D eigenvalue weighted by Crippen LogP contribution is 2.21. The van der Waals surface area contributed by atoms with E-state index in [4.69, 9.17) is 0 Å². The van der Waals surface area contributed by atoms with Gasteiger partial charge < -0.3 is 0 Å². The number of rotatable bonds is 11. The van der Waals surface area contributed by atoms with E-state index in [1.165, 1.54) is 24.0 Å². The summed E-state index contributed by atoms with van der Waals surface area (Å²) in [6.07, 6.45) is 16.3. The smallest absolute Gasteiger partial charge is 0.0302 e. The third kappa shape index (κ3) is 9.32. The third-order valence-electron chi connectivity index (χ3n) is 3.06. The van der Waals surface area contributed by atoms with Gasteiger partial charge in [0.2, 0.25) is 0 Å². The van der Waals surface area contributed by atoms with Gasteiger partial charge in [-0.05, 0) is 44.6 Å². The van der Waals surface area contributed by atoms with E-state index < -0.39 is 0 Å². The largest absolute Gasteiger partial charge is 0.264 e. The van der Waals surface area contributed by atoms with E-state index in [0.717, 1.165) is 31.3 Å². The average molecular weight is 271 g/mol. The molecule has 0 rings (SSSR count). The maximum atomic E-state index is 4.21. The van der Waals surface area contributed by atoms with Crippen LogP contribution in [0.5, 0.6) is 0 Å². The summed E-state index contributed by atoms with van der Waals surface area (Å²) >= 11 is 0. The molecule has 20 heavy (non-hydrogen) atoms. The minimum absolute atomic E-state index is 1.00. The van der Waals surface area contributed by atoms with Gasteiger partial charge in [-0.3, -0.25) is 4.99 Å². The summed E-state index contributed by atoms with van der Waals surface area (Å²) in [5.74, 6) is 0. The Balaban J connectivity index is 4.61. The van der Waals surface area contributed by atoms with Gasteiger partial charge in [0.1, 0.15) is 0 Å². The first-order chi connectivity index (χ1) is 9.65. The summed E-state index contributed by atoms with van der Waals surface area (Å²) < 4.78 is 0. The molecule has 1 nitrogen and oxygen atoms in total. The van der Waals surface area contributed by atoms with E-state index >= 15 is 0 Å². The molecule has 0 bridgehead atoms. The van der Waals surface area contributed by atoms with Crippen LogP contribution in [0.4, 0.5) is 0 Å². The third-order valence-corrected chi connectivity index (χ3v) is 3.06. The molecular weight excluding hydrogens is 242 g/mol. The van der Waals surface area contributed by atoms with Gasteiger partial charge in [-0.25, -0.2) is 0 Å². The normalized spacial score (nSPS) is 12.7. The zero-order valence-electron chi connectivity index (χ0n) is 13.2. The molecule has 0 aromatic rings. The van der Waals surface area contributed by atoms with Gasteiger partial charge >= 0.3 is 0 Å². The van der Waals surface area contributed by atoms with Crippen molar-refractivity contribution in [2.24, 2.45) is 4.99 Å². The molecule has 0 amide bonds. The van der Waals surface area contributed by atoms with Crippen LogP contribution in [0.1, 0.15) is 52.4 Å². The Morgan fingerprint density at radius 2 is 1.85 bits per heavy atom. The van der Waals surface area contributed by atoms with Crippen molar-refractivity contribution in [3.8, 4) is 0 Å². The second-order valence-corrected chi connectivity index (χ2v) is 4.95. The van der Waals surface area contributed by atoms with Gasteiger partial charge in [-0.15, -0.1) is 6.58 Å². The minimum Gasteiger partial charge on any atom is -0.264 e. The van der Waals surface area contributed by atoms with E-state index in [1.54, 1.807) is 12.3 Å². The molecule has 0 aromatic heterocycles. The van der Waals surface area contributed by atoms with E-state index in [-0.39, 0.29) is 0 Å². The van der Waals surface area contributed by atoms with Gasteiger partial charge in [0.25, 0.3) is 0 Å². The molecule has 1 heteroatoms. The number of unbranched alkanes of at least 4 members (excludes halogenated alkanes) is 1. The van der Waals surface area contributed by atoms with Gasteiger partial charge in [0.05, 0.1) is 0 Å². The summed E-state index contributed by atoms with van der Waals surface area (Å²) in [7, 11) is 0.